The number of amides is 1. The summed E-state index contributed by atoms with van der Waals surface area (Å²) in [5.74, 6) is -1.35. The summed E-state index contributed by atoms with van der Waals surface area (Å²) in [6.45, 7) is 2.22. The average molecular weight is 478 g/mol. The number of aromatic nitrogens is 7. The second kappa shape index (κ2) is 7.86. The van der Waals surface area contributed by atoms with Crippen LogP contribution in [0, 0.1) is 6.92 Å². The zero-order valence-electron chi connectivity index (χ0n) is 18.8. The van der Waals surface area contributed by atoms with Crippen LogP contribution in [0.5, 0.6) is 0 Å². The molecule has 35 heavy (non-hydrogen) atoms. The zero-order chi connectivity index (χ0) is 24.3. The molecule has 1 N–H and O–H groups in total. The highest BCUT2D eigenvalue weighted by molar-refractivity contribution is 5.93. The third-order valence-electron chi connectivity index (χ3n) is 6.18. The van der Waals surface area contributed by atoms with Gasteiger partial charge in [-0.3, -0.25) is 4.79 Å². The predicted molar refractivity (Wildman–Crippen MR) is 119 cm³/mol. The van der Waals surface area contributed by atoms with Crippen LogP contribution in [0.3, 0.4) is 0 Å². The highest BCUT2D eigenvalue weighted by atomic mass is 19.3. The van der Waals surface area contributed by atoms with Gasteiger partial charge in [0.15, 0.2) is 5.69 Å². The molecule has 0 aromatic carbocycles. The van der Waals surface area contributed by atoms with Gasteiger partial charge in [0.2, 0.25) is 11.7 Å². The number of carbonyl (C=O) groups is 1. The lowest BCUT2D eigenvalue weighted by Crippen LogP contribution is -2.41. The molecule has 10 nitrogen and oxygen atoms in total. The number of fused-ring (bicyclic) bond motifs is 2. The maximum Gasteiger partial charge on any atom is 0.292 e. The van der Waals surface area contributed by atoms with E-state index in [1.54, 1.807) is 28.7 Å². The van der Waals surface area contributed by atoms with Crippen LogP contribution in [-0.2, 0) is 13.5 Å². The van der Waals surface area contributed by atoms with Gasteiger partial charge in [-0.1, -0.05) is 6.07 Å². The molecule has 0 bridgehead atoms. The predicted octanol–water partition coefficient (Wildman–Crippen LogP) is 3.48. The summed E-state index contributed by atoms with van der Waals surface area (Å²) in [7, 11) is 1.73. The Morgan fingerprint density at radius 2 is 2.17 bits per heavy atom. The molecule has 0 saturated heterocycles. The number of aryl methyl sites for hydroxylation is 2. The molecule has 0 radical (unpaired) electrons. The maximum absolute atomic E-state index is 13.9. The van der Waals surface area contributed by atoms with Crippen LogP contribution in [0.2, 0.25) is 0 Å². The molecule has 12 heteroatoms. The van der Waals surface area contributed by atoms with Gasteiger partial charge in [0.1, 0.15) is 11.7 Å². The van der Waals surface area contributed by atoms with Crippen LogP contribution in [-0.4, -0.2) is 51.5 Å². The molecular formula is C23H20F2N8O2. The minimum absolute atomic E-state index is 0.137. The Hall–Kier alpha value is -4.35. The summed E-state index contributed by atoms with van der Waals surface area (Å²) in [6, 6.07) is 5.04. The van der Waals surface area contributed by atoms with Crippen LogP contribution in [0.4, 0.5) is 8.78 Å². The minimum atomic E-state index is -3.00. The van der Waals surface area contributed by atoms with Crippen molar-refractivity contribution in [2.75, 3.05) is 6.54 Å². The first-order chi connectivity index (χ1) is 16.9. The molecule has 0 aliphatic carbocycles. The lowest BCUT2D eigenvalue weighted by molar-refractivity contribution is 0.0640. The molecule has 0 saturated carbocycles. The lowest BCUT2D eigenvalue weighted by Gasteiger charge is -2.33. The lowest BCUT2D eigenvalue weighted by atomic mass is 9.99. The van der Waals surface area contributed by atoms with Gasteiger partial charge in [-0.05, 0) is 24.6 Å². The van der Waals surface area contributed by atoms with Crippen LogP contribution in [0.15, 0.2) is 47.7 Å². The fourth-order valence-electron chi connectivity index (χ4n) is 4.50. The highest BCUT2D eigenvalue weighted by Gasteiger charge is 2.40. The summed E-state index contributed by atoms with van der Waals surface area (Å²) >= 11 is 0. The van der Waals surface area contributed by atoms with E-state index in [0.29, 0.717) is 17.8 Å². The van der Waals surface area contributed by atoms with E-state index in [4.69, 9.17) is 4.42 Å². The normalized spacial score (nSPS) is 15.8. The molecule has 1 atom stereocenters. The molecule has 1 amide bonds. The number of halogens is 2. The SMILES string of the molecule is Cc1cccn2nc([C@H]3c4nc[nH]c4CCN3C(=O)c3oc(-c4cn(C)cn4)nc3C(F)F)cc12. The van der Waals surface area contributed by atoms with Crippen molar-refractivity contribution in [3.8, 4) is 11.6 Å². The molecule has 6 rings (SSSR count). The van der Waals surface area contributed by atoms with Gasteiger partial charge in [-0.2, -0.15) is 5.10 Å². The van der Waals surface area contributed by atoms with Gasteiger partial charge in [-0.25, -0.2) is 28.2 Å². The first-order valence-electron chi connectivity index (χ1n) is 11.0. The number of hydrogen-bond donors (Lipinski definition) is 1. The smallest absolute Gasteiger partial charge is 0.292 e. The number of nitrogens with one attached hydrogen (secondary N) is 1. The third-order valence-corrected chi connectivity index (χ3v) is 6.18. The Labute approximate surface area is 197 Å². The maximum atomic E-state index is 13.9. The first-order valence-corrected chi connectivity index (χ1v) is 11.0. The van der Waals surface area contributed by atoms with Gasteiger partial charge >= 0.3 is 0 Å². The molecule has 5 aromatic rings. The Morgan fingerprint density at radius 3 is 2.91 bits per heavy atom. The number of hydrogen-bond acceptors (Lipinski definition) is 6. The Bertz CT molecular complexity index is 1560. The second-order valence-electron chi connectivity index (χ2n) is 8.47. The molecule has 6 heterocycles. The van der Waals surface area contributed by atoms with E-state index < -0.39 is 29.8 Å². The average Bonchev–Trinajstić information content (AvgIpc) is 3.62. The monoisotopic (exact) mass is 478 g/mol. The summed E-state index contributed by atoms with van der Waals surface area (Å²) in [6.07, 6.45) is 3.93. The van der Waals surface area contributed by atoms with E-state index in [1.807, 2.05) is 31.3 Å². The Kier molecular flexibility index (Phi) is 4.76. The molecule has 1 aliphatic heterocycles. The van der Waals surface area contributed by atoms with E-state index in [2.05, 4.69) is 25.0 Å². The fraction of sp³-hybridized carbons (Fsp3) is 0.261. The minimum Gasteiger partial charge on any atom is -0.429 e. The fourth-order valence-corrected chi connectivity index (χ4v) is 4.50. The van der Waals surface area contributed by atoms with Crippen molar-refractivity contribution in [1.82, 2.24) is 39.0 Å². The number of rotatable bonds is 4. The number of H-pyrrole nitrogens is 1. The summed E-state index contributed by atoms with van der Waals surface area (Å²) in [5.41, 5.74) is 3.49. The van der Waals surface area contributed by atoms with Crippen molar-refractivity contribution in [2.45, 2.75) is 25.8 Å². The third kappa shape index (κ3) is 3.40. The first kappa shape index (κ1) is 21.2. The molecule has 0 unspecified atom stereocenters. The van der Waals surface area contributed by atoms with Crippen LogP contribution < -0.4 is 0 Å². The summed E-state index contributed by atoms with van der Waals surface area (Å²) in [4.78, 5) is 30.8. The summed E-state index contributed by atoms with van der Waals surface area (Å²) < 4.78 is 36.8. The number of pyridine rings is 1. The van der Waals surface area contributed by atoms with Crippen LogP contribution in [0.1, 0.15) is 51.4 Å². The molecule has 0 spiro atoms. The van der Waals surface area contributed by atoms with Crippen molar-refractivity contribution in [3.63, 3.8) is 0 Å². The van der Waals surface area contributed by atoms with Crippen LogP contribution >= 0.6 is 0 Å². The van der Waals surface area contributed by atoms with Gasteiger partial charge in [0, 0.05) is 38.1 Å². The van der Waals surface area contributed by atoms with E-state index in [9.17, 15) is 13.6 Å². The van der Waals surface area contributed by atoms with Crippen molar-refractivity contribution >= 4 is 11.4 Å². The van der Waals surface area contributed by atoms with Gasteiger partial charge in [0.25, 0.3) is 12.3 Å². The zero-order valence-corrected chi connectivity index (χ0v) is 18.8. The number of aromatic amines is 1. The molecule has 1 aliphatic rings. The largest absolute Gasteiger partial charge is 0.429 e. The van der Waals surface area contributed by atoms with Crippen molar-refractivity contribution < 1.29 is 18.0 Å². The summed E-state index contributed by atoms with van der Waals surface area (Å²) in [5, 5.41) is 4.68. The van der Waals surface area contributed by atoms with E-state index in [0.717, 1.165) is 16.8 Å². The van der Waals surface area contributed by atoms with E-state index >= 15 is 0 Å². The number of imidazole rings is 2. The molecular weight excluding hydrogens is 458 g/mol. The van der Waals surface area contributed by atoms with Crippen molar-refractivity contribution in [1.29, 1.82) is 0 Å². The number of carbonyl (C=O) groups excluding carboxylic acids is 1. The number of alkyl halides is 2. The number of nitrogens with zero attached hydrogens (tertiary/aromatic N) is 7. The topological polar surface area (TPSA) is 110 Å². The molecule has 5 aromatic heterocycles. The quantitative estimate of drug-likeness (QED) is 0.424. The van der Waals surface area contributed by atoms with Gasteiger partial charge < -0.3 is 18.9 Å². The molecule has 0 fully saturated rings. The Balaban J connectivity index is 1.46. The van der Waals surface area contributed by atoms with E-state index in [-0.39, 0.29) is 18.1 Å². The van der Waals surface area contributed by atoms with Crippen molar-refractivity contribution in [2.24, 2.45) is 7.05 Å². The Morgan fingerprint density at radius 1 is 1.31 bits per heavy atom. The van der Waals surface area contributed by atoms with Gasteiger partial charge in [0.05, 0.1) is 29.6 Å². The number of oxazole rings is 1. The van der Waals surface area contributed by atoms with Crippen molar-refractivity contribution in [3.05, 3.63) is 77.3 Å². The van der Waals surface area contributed by atoms with E-state index in [1.165, 1.54) is 11.2 Å². The second-order valence-corrected chi connectivity index (χ2v) is 8.47. The van der Waals surface area contributed by atoms with Crippen LogP contribution in [0.25, 0.3) is 17.1 Å². The van der Waals surface area contributed by atoms with Gasteiger partial charge in [-0.15, -0.1) is 0 Å². The highest BCUT2D eigenvalue weighted by Crippen LogP contribution is 2.36. The molecule has 178 valence electrons. The standard InChI is InChI=1S/C23H20F2N8O2/c1-12-4-3-6-33-16(12)8-14(30-33)19-17-13(26-10-27-17)5-7-32(19)23(34)20-18(21(24)25)29-22(35-20)15-9-31(2)11-28-15/h3-4,6,8-11,19,21H,5,7H2,1-2H3,(H,26,27)/t19-/m0/s1.